The Morgan fingerprint density at radius 1 is 1.05 bits per heavy atom. The van der Waals surface area contributed by atoms with Gasteiger partial charge in [0.25, 0.3) is 0 Å². The molecule has 0 aliphatic rings. The van der Waals surface area contributed by atoms with E-state index in [0.717, 1.165) is 16.1 Å². The molecule has 0 aromatic heterocycles. The molecule has 0 bridgehead atoms. The van der Waals surface area contributed by atoms with Crippen molar-refractivity contribution in [3.05, 3.63) is 69.7 Å². The second-order valence-corrected chi connectivity index (χ2v) is 5.29. The quantitative estimate of drug-likeness (QED) is 0.898. The predicted octanol–water partition coefficient (Wildman–Crippen LogP) is 4.05. The van der Waals surface area contributed by atoms with Gasteiger partial charge < -0.3 is 5.11 Å². The fraction of sp³-hybridized carbons (Fsp3) is 0.200. The van der Waals surface area contributed by atoms with Crippen LogP contribution in [-0.4, -0.2) is 11.7 Å². The van der Waals surface area contributed by atoms with Gasteiger partial charge >= 0.3 is 0 Å². The lowest BCUT2D eigenvalue weighted by Crippen LogP contribution is -2.09. The Kier molecular flexibility index (Phi) is 4.66. The van der Waals surface area contributed by atoms with Gasteiger partial charge in [-0.15, -0.1) is 0 Å². The van der Waals surface area contributed by atoms with Crippen LogP contribution < -0.4 is 0 Å². The fourth-order valence-electron chi connectivity index (χ4n) is 1.98. The third-order valence-electron chi connectivity index (χ3n) is 3.04. The van der Waals surface area contributed by atoms with Crippen LogP contribution in [0.1, 0.15) is 17.0 Å². The summed E-state index contributed by atoms with van der Waals surface area (Å²) in [7, 11) is 0. The summed E-state index contributed by atoms with van der Waals surface area (Å²) >= 11 is 3.34. The van der Waals surface area contributed by atoms with Crippen LogP contribution in [0, 0.1) is 11.6 Å². The Morgan fingerprint density at radius 2 is 1.74 bits per heavy atom. The Hall–Kier alpha value is -1.26. The highest BCUT2D eigenvalue weighted by Crippen LogP contribution is 2.24. The molecule has 0 aliphatic heterocycles. The van der Waals surface area contributed by atoms with E-state index in [9.17, 15) is 13.9 Å². The molecule has 0 heterocycles. The minimum Gasteiger partial charge on any atom is -0.396 e. The van der Waals surface area contributed by atoms with Crippen molar-refractivity contribution >= 4 is 15.9 Å². The first-order chi connectivity index (χ1) is 9.10. The summed E-state index contributed by atoms with van der Waals surface area (Å²) in [4.78, 5) is 0. The van der Waals surface area contributed by atoms with E-state index in [2.05, 4.69) is 15.9 Å². The van der Waals surface area contributed by atoms with Crippen LogP contribution >= 0.6 is 15.9 Å². The predicted molar refractivity (Wildman–Crippen MR) is 74.0 cm³/mol. The van der Waals surface area contributed by atoms with Crippen molar-refractivity contribution in [2.75, 3.05) is 6.61 Å². The zero-order valence-electron chi connectivity index (χ0n) is 10.1. The Labute approximate surface area is 119 Å². The van der Waals surface area contributed by atoms with Crippen molar-refractivity contribution < 1.29 is 13.9 Å². The topological polar surface area (TPSA) is 20.2 Å². The summed E-state index contributed by atoms with van der Waals surface area (Å²) in [6, 6.07) is 11.0. The molecular formula is C15H13BrF2O. The summed E-state index contributed by atoms with van der Waals surface area (Å²) in [5.41, 5.74) is 1.33. The van der Waals surface area contributed by atoms with E-state index in [1.54, 1.807) is 0 Å². The van der Waals surface area contributed by atoms with Gasteiger partial charge in [0.15, 0.2) is 0 Å². The first-order valence-electron chi connectivity index (χ1n) is 5.90. The van der Waals surface area contributed by atoms with Crippen molar-refractivity contribution in [1.29, 1.82) is 0 Å². The largest absolute Gasteiger partial charge is 0.396 e. The summed E-state index contributed by atoms with van der Waals surface area (Å²) in [6.07, 6.45) is 0.338. The van der Waals surface area contributed by atoms with Crippen LogP contribution in [0.2, 0.25) is 0 Å². The van der Waals surface area contributed by atoms with Gasteiger partial charge in [-0.1, -0.05) is 34.1 Å². The molecule has 1 atom stereocenters. The van der Waals surface area contributed by atoms with E-state index in [-0.39, 0.29) is 12.5 Å². The molecule has 0 spiro atoms. The summed E-state index contributed by atoms with van der Waals surface area (Å²) in [5.74, 6) is -1.37. The molecule has 1 N–H and O–H groups in total. The normalized spacial score (nSPS) is 12.4. The number of hydrogen-bond donors (Lipinski definition) is 1. The van der Waals surface area contributed by atoms with Crippen LogP contribution in [0.4, 0.5) is 8.78 Å². The number of benzene rings is 2. The van der Waals surface area contributed by atoms with Crippen molar-refractivity contribution in [1.82, 2.24) is 0 Å². The van der Waals surface area contributed by atoms with Gasteiger partial charge in [-0.05, 0) is 35.7 Å². The number of aliphatic hydroxyl groups is 1. The molecule has 0 aliphatic carbocycles. The van der Waals surface area contributed by atoms with Gasteiger partial charge in [-0.3, -0.25) is 0 Å². The number of halogens is 3. The van der Waals surface area contributed by atoms with Crippen LogP contribution in [-0.2, 0) is 6.42 Å². The zero-order valence-corrected chi connectivity index (χ0v) is 11.7. The SMILES string of the molecule is OCC(Cc1ccc(F)cc1F)c1ccc(Br)cc1. The molecule has 4 heteroatoms. The summed E-state index contributed by atoms with van der Waals surface area (Å²) in [5, 5.41) is 9.45. The molecule has 2 aromatic carbocycles. The number of aliphatic hydroxyl groups excluding tert-OH is 1. The van der Waals surface area contributed by atoms with E-state index in [1.165, 1.54) is 12.1 Å². The average Bonchev–Trinajstić information content (AvgIpc) is 2.39. The molecule has 0 saturated carbocycles. The Balaban J connectivity index is 2.21. The lowest BCUT2D eigenvalue weighted by atomic mass is 9.92. The van der Waals surface area contributed by atoms with E-state index in [0.29, 0.717) is 12.0 Å². The maximum Gasteiger partial charge on any atom is 0.129 e. The molecule has 0 amide bonds. The minimum absolute atomic E-state index is 0.0849. The second kappa shape index (κ2) is 6.26. The molecule has 2 rings (SSSR count). The molecule has 0 fully saturated rings. The second-order valence-electron chi connectivity index (χ2n) is 4.37. The molecule has 0 saturated heterocycles. The van der Waals surface area contributed by atoms with E-state index >= 15 is 0 Å². The van der Waals surface area contributed by atoms with Crippen molar-refractivity contribution in [3.8, 4) is 0 Å². The molecule has 2 aromatic rings. The first-order valence-corrected chi connectivity index (χ1v) is 6.69. The molecule has 0 radical (unpaired) electrons. The lowest BCUT2D eigenvalue weighted by molar-refractivity contribution is 0.263. The number of rotatable bonds is 4. The smallest absolute Gasteiger partial charge is 0.129 e. The van der Waals surface area contributed by atoms with Gasteiger partial charge in [0.1, 0.15) is 11.6 Å². The van der Waals surface area contributed by atoms with Gasteiger partial charge in [0.2, 0.25) is 0 Å². The highest BCUT2D eigenvalue weighted by molar-refractivity contribution is 9.10. The van der Waals surface area contributed by atoms with Crippen LogP contribution in [0.15, 0.2) is 46.9 Å². The summed E-state index contributed by atoms with van der Waals surface area (Å²) in [6.45, 7) is -0.0849. The van der Waals surface area contributed by atoms with Crippen molar-refractivity contribution in [2.24, 2.45) is 0 Å². The third-order valence-corrected chi connectivity index (χ3v) is 3.57. The Bertz CT molecular complexity index is 555. The fourth-order valence-corrected chi connectivity index (χ4v) is 2.24. The molecule has 1 nitrogen and oxygen atoms in total. The zero-order chi connectivity index (χ0) is 13.8. The van der Waals surface area contributed by atoms with Gasteiger partial charge in [0, 0.05) is 16.5 Å². The average molecular weight is 327 g/mol. The maximum atomic E-state index is 13.6. The highest BCUT2D eigenvalue weighted by atomic mass is 79.9. The molecule has 1 unspecified atom stereocenters. The molecular weight excluding hydrogens is 314 g/mol. The van der Waals surface area contributed by atoms with Crippen LogP contribution in [0.3, 0.4) is 0 Å². The van der Waals surface area contributed by atoms with Crippen LogP contribution in [0.5, 0.6) is 0 Å². The minimum atomic E-state index is -0.592. The van der Waals surface area contributed by atoms with E-state index < -0.39 is 11.6 Å². The van der Waals surface area contributed by atoms with Gasteiger partial charge in [-0.2, -0.15) is 0 Å². The van der Waals surface area contributed by atoms with Gasteiger partial charge in [-0.25, -0.2) is 8.78 Å². The van der Waals surface area contributed by atoms with Crippen molar-refractivity contribution in [2.45, 2.75) is 12.3 Å². The van der Waals surface area contributed by atoms with E-state index in [4.69, 9.17) is 0 Å². The van der Waals surface area contributed by atoms with Crippen molar-refractivity contribution in [3.63, 3.8) is 0 Å². The van der Waals surface area contributed by atoms with Gasteiger partial charge in [0.05, 0.1) is 6.61 Å². The molecule has 19 heavy (non-hydrogen) atoms. The number of hydrogen-bond acceptors (Lipinski definition) is 1. The van der Waals surface area contributed by atoms with E-state index in [1.807, 2.05) is 24.3 Å². The standard InChI is InChI=1S/C15H13BrF2O/c16-13-4-1-10(2-5-13)12(9-19)7-11-3-6-14(17)8-15(11)18/h1-6,8,12,19H,7,9H2. The molecule has 100 valence electrons. The first kappa shape index (κ1) is 14.2. The lowest BCUT2D eigenvalue weighted by Gasteiger charge is -2.15. The summed E-state index contributed by atoms with van der Waals surface area (Å²) < 4.78 is 27.4. The third kappa shape index (κ3) is 3.61. The van der Waals surface area contributed by atoms with Crippen LogP contribution in [0.25, 0.3) is 0 Å². The maximum absolute atomic E-state index is 13.6. The highest BCUT2D eigenvalue weighted by Gasteiger charge is 2.14. The monoisotopic (exact) mass is 326 g/mol. The Morgan fingerprint density at radius 3 is 2.32 bits per heavy atom.